The molecule has 106 valence electrons. The van der Waals surface area contributed by atoms with Gasteiger partial charge in [0.2, 0.25) is 0 Å². The highest BCUT2D eigenvalue weighted by molar-refractivity contribution is 5.40. The Labute approximate surface area is 110 Å². The van der Waals surface area contributed by atoms with E-state index in [2.05, 4.69) is 4.98 Å². The number of alkyl halides is 3. The highest BCUT2D eigenvalue weighted by Gasteiger charge is 2.33. The molecule has 3 nitrogen and oxygen atoms in total. The van der Waals surface area contributed by atoms with E-state index in [1.807, 2.05) is 4.90 Å². The van der Waals surface area contributed by atoms with E-state index in [-0.39, 0.29) is 0 Å². The molecule has 2 heterocycles. The molecule has 0 N–H and O–H groups in total. The zero-order valence-electron chi connectivity index (χ0n) is 10.8. The molecule has 0 atom stereocenters. The fraction of sp³-hybridized carbons (Fsp3) is 0.615. The minimum absolute atomic E-state index is 0.408. The van der Waals surface area contributed by atoms with Crippen LogP contribution in [0.1, 0.15) is 18.5 Å². The van der Waals surface area contributed by atoms with Crippen LogP contribution in [-0.2, 0) is 10.9 Å². The lowest BCUT2D eigenvalue weighted by Crippen LogP contribution is -2.35. The molecule has 0 spiro atoms. The van der Waals surface area contributed by atoms with Gasteiger partial charge in [-0.2, -0.15) is 13.2 Å². The molecule has 0 unspecified atom stereocenters. The summed E-state index contributed by atoms with van der Waals surface area (Å²) in [5.41, 5.74) is -0.830. The Bertz CT molecular complexity index is 415. The van der Waals surface area contributed by atoms with Gasteiger partial charge in [-0.15, -0.1) is 0 Å². The second-order valence-electron chi connectivity index (χ2n) is 4.76. The molecule has 1 fully saturated rings. The third-order valence-corrected chi connectivity index (χ3v) is 3.37. The van der Waals surface area contributed by atoms with Crippen LogP contribution in [0.4, 0.5) is 19.0 Å². The van der Waals surface area contributed by atoms with E-state index in [1.165, 1.54) is 6.07 Å². The Kier molecular flexibility index (Phi) is 4.29. The summed E-state index contributed by atoms with van der Waals surface area (Å²) in [5.74, 6) is 0.901. The van der Waals surface area contributed by atoms with Crippen LogP contribution in [0.15, 0.2) is 18.2 Å². The van der Waals surface area contributed by atoms with Crippen LogP contribution < -0.4 is 4.90 Å². The molecule has 0 bridgehead atoms. The van der Waals surface area contributed by atoms with Crippen molar-refractivity contribution in [2.75, 3.05) is 31.7 Å². The minimum atomic E-state index is -4.38. The van der Waals surface area contributed by atoms with Crippen LogP contribution >= 0.6 is 0 Å². The van der Waals surface area contributed by atoms with Gasteiger partial charge in [0.25, 0.3) is 0 Å². The van der Waals surface area contributed by atoms with E-state index < -0.39 is 11.9 Å². The van der Waals surface area contributed by atoms with Gasteiger partial charge < -0.3 is 9.64 Å². The smallest absolute Gasteiger partial charge is 0.384 e. The Morgan fingerprint density at radius 1 is 1.32 bits per heavy atom. The molecule has 0 aromatic carbocycles. The first kappa shape index (κ1) is 14.1. The van der Waals surface area contributed by atoms with Crippen LogP contribution in [0.3, 0.4) is 0 Å². The molecule has 1 aromatic heterocycles. The van der Waals surface area contributed by atoms with Crippen molar-refractivity contribution in [3.05, 3.63) is 23.9 Å². The normalized spacial score (nSPS) is 17.8. The standard InChI is InChI=1S/C13H17F3N2O/c1-19-9-10-5-7-18(8-6-10)12-4-2-3-11(17-12)13(14,15)16/h2-4,10H,5-9H2,1H3. The number of aromatic nitrogens is 1. The summed E-state index contributed by atoms with van der Waals surface area (Å²) in [6.07, 6.45) is -2.54. The van der Waals surface area contributed by atoms with Crippen molar-refractivity contribution in [2.45, 2.75) is 19.0 Å². The molecule has 6 heteroatoms. The number of pyridine rings is 1. The predicted octanol–water partition coefficient (Wildman–Crippen LogP) is 2.96. The van der Waals surface area contributed by atoms with Crippen molar-refractivity contribution in [3.8, 4) is 0 Å². The number of ether oxygens (including phenoxy) is 1. The monoisotopic (exact) mass is 274 g/mol. The van der Waals surface area contributed by atoms with Crippen LogP contribution in [0.2, 0.25) is 0 Å². The SMILES string of the molecule is COCC1CCN(c2cccc(C(F)(F)F)n2)CC1. The molecule has 0 aliphatic carbocycles. The first-order valence-corrected chi connectivity index (χ1v) is 6.29. The van der Waals surface area contributed by atoms with Crippen molar-refractivity contribution in [3.63, 3.8) is 0 Å². The maximum absolute atomic E-state index is 12.6. The molecule has 1 saturated heterocycles. The molecule has 1 aliphatic rings. The quantitative estimate of drug-likeness (QED) is 0.847. The van der Waals surface area contributed by atoms with E-state index in [0.717, 1.165) is 32.0 Å². The van der Waals surface area contributed by atoms with Gasteiger partial charge >= 0.3 is 6.18 Å². The van der Waals surface area contributed by atoms with Gasteiger partial charge in [0.1, 0.15) is 11.5 Å². The highest BCUT2D eigenvalue weighted by atomic mass is 19.4. The third kappa shape index (κ3) is 3.59. The molecule has 0 amide bonds. The number of rotatable bonds is 3. The summed E-state index contributed by atoms with van der Waals surface area (Å²) in [4.78, 5) is 5.61. The zero-order chi connectivity index (χ0) is 13.9. The Morgan fingerprint density at radius 2 is 2.00 bits per heavy atom. The van der Waals surface area contributed by atoms with Gasteiger partial charge in [-0.05, 0) is 30.9 Å². The van der Waals surface area contributed by atoms with Gasteiger partial charge in [0, 0.05) is 26.8 Å². The van der Waals surface area contributed by atoms with Crippen LogP contribution in [0, 0.1) is 5.92 Å². The number of piperidine rings is 1. The summed E-state index contributed by atoms with van der Waals surface area (Å²) in [5, 5.41) is 0. The summed E-state index contributed by atoms with van der Waals surface area (Å²) >= 11 is 0. The Balaban J connectivity index is 2.03. The molecule has 1 aromatic rings. The number of hydrogen-bond donors (Lipinski definition) is 0. The molecule has 19 heavy (non-hydrogen) atoms. The fourth-order valence-corrected chi connectivity index (χ4v) is 2.32. The number of methoxy groups -OCH3 is 1. The lowest BCUT2D eigenvalue weighted by molar-refractivity contribution is -0.141. The van der Waals surface area contributed by atoms with Crippen molar-refractivity contribution in [1.29, 1.82) is 0 Å². The average Bonchev–Trinajstić information content (AvgIpc) is 2.39. The summed E-state index contributed by atoms with van der Waals surface area (Å²) < 4.78 is 42.9. The summed E-state index contributed by atoms with van der Waals surface area (Å²) in [7, 11) is 1.67. The Morgan fingerprint density at radius 3 is 2.58 bits per heavy atom. The predicted molar refractivity (Wildman–Crippen MR) is 66.1 cm³/mol. The van der Waals surface area contributed by atoms with Gasteiger partial charge in [0.05, 0.1) is 0 Å². The molecule has 0 saturated carbocycles. The van der Waals surface area contributed by atoms with Gasteiger partial charge in [-0.1, -0.05) is 6.07 Å². The molecule has 1 aliphatic heterocycles. The van der Waals surface area contributed by atoms with E-state index in [1.54, 1.807) is 13.2 Å². The average molecular weight is 274 g/mol. The lowest BCUT2D eigenvalue weighted by atomic mass is 9.98. The molecular formula is C13H17F3N2O. The summed E-state index contributed by atoms with van der Waals surface area (Å²) in [6.45, 7) is 2.16. The molecule has 2 rings (SSSR count). The van der Waals surface area contributed by atoms with Crippen molar-refractivity contribution in [1.82, 2.24) is 4.98 Å². The number of halogens is 3. The highest BCUT2D eigenvalue weighted by Crippen LogP contribution is 2.30. The minimum Gasteiger partial charge on any atom is -0.384 e. The van der Waals surface area contributed by atoms with E-state index in [4.69, 9.17) is 4.74 Å². The third-order valence-electron chi connectivity index (χ3n) is 3.37. The first-order chi connectivity index (χ1) is 9.00. The lowest BCUT2D eigenvalue weighted by Gasteiger charge is -2.32. The van der Waals surface area contributed by atoms with E-state index in [0.29, 0.717) is 18.3 Å². The van der Waals surface area contributed by atoms with Gasteiger partial charge in [-0.25, -0.2) is 4.98 Å². The largest absolute Gasteiger partial charge is 0.433 e. The molecular weight excluding hydrogens is 257 g/mol. The van der Waals surface area contributed by atoms with Crippen LogP contribution in [-0.4, -0.2) is 31.8 Å². The number of anilines is 1. The molecule has 0 radical (unpaired) electrons. The Hall–Kier alpha value is -1.30. The van der Waals surface area contributed by atoms with Gasteiger partial charge in [-0.3, -0.25) is 0 Å². The van der Waals surface area contributed by atoms with Crippen molar-refractivity contribution in [2.24, 2.45) is 5.92 Å². The second kappa shape index (κ2) is 5.77. The summed E-state index contributed by atoms with van der Waals surface area (Å²) in [6, 6.07) is 4.04. The second-order valence-corrected chi connectivity index (χ2v) is 4.76. The van der Waals surface area contributed by atoms with E-state index >= 15 is 0 Å². The fourth-order valence-electron chi connectivity index (χ4n) is 2.32. The maximum Gasteiger partial charge on any atom is 0.433 e. The topological polar surface area (TPSA) is 25.4 Å². The van der Waals surface area contributed by atoms with Crippen LogP contribution in [0.5, 0.6) is 0 Å². The van der Waals surface area contributed by atoms with Crippen molar-refractivity contribution >= 4 is 5.82 Å². The van der Waals surface area contributed by atoms with Gasteiger partial charge in [0.15, 0.2) is 0 Å². The first-order valence-electron chi connectivity index (χ1n) is 6.29. The van der Waals surface area contributed by atoms with E-state index in [9.17, 15) is 13.2 Å². The maximum atomic E-state index is 12.6. The number of nitrogens with zero attached hydrogens (tertiary/aromatic N) is 2. The zero-order valence-corrected chi connectivity index (χ0v) is 10.8. The van der Waals surface area contributed by atoms with Crippen LogP contribution in [0.25, 0.3) is 0 Å². The van der Waals surface area contributed by atoms with Crippen molar-refractivity contribution < 1.29 is 17.9 Å². The number of hydrogen-bond acceptors (Lipinski definition) is 3.